The molecule has 1 fully saturated rings. The van der Waals surface area contributed by atoms with Gasteiger partial charge in [0.2, 0.25) is 0 Å². The molecule has 1 N–H and O–H groups in total. The van der Waals surface area contributed by atoms with Crippen molar-refractivity contribution < 1.29 is 9.53 Å². The maximum Gasteiger partial charge on any atom is 0.310 e. The van der Waals surface area contributed by atoms with Crippen LogP contribution in [0.1, 0.15) is 12.5 Å². The number of hydrogen-bond donors (Lipinski definition) is 1. The van der Waals surface area contributed by atoms with Crippen molar-refractivity contribution in [1.82, 2.24) is 15.3 Å². The van der Waals surface area contributed by atoms with Gasteiger partial charge in [-0.25, -0.2) is 5.01 Å². The Bertz CT molecular complexity index is 430. The Morgan fingerprint density at radius 1 is 1.24 bits per heavy atom. The molecule has 2 rings (SSSR count). The molecular formula is C16H25N3O2. The lowest BCUT2D eigenvalue weighted by atomic mass is 10.2. The summed E-state index contributed by atoms with van der Waals surface area (Å²) >= 11 is 0. The minimum Gasteiger partial charge on any atom is -0.461 e. The summed E-state index contributed by atoms with van der Waals surface area (Å²) in [6.45, 7) is 6.95. The Balaban J connectivity index is 1.65. The molecule has 5 nitrogen and oxygen atoms in total. The molecule has 0 radical (unpaired) electrons. The Morgan fingerprint density at radius 3 is 2.57 bits per heavy atom. The maximum absolute atomic E-state index is 12.0. The van der Waals surface area contributed by atoms with Crippen molar-refractivity contribution in [2.24, 2.45) is 5.92 Å². The van der Waals surface area contributed by atoms with Crippen LogP contribution in [-0.4, -0.2) is 55.6 Å². The van der Waals surface area contributed by atoms with Crippen molar-refractivity contribution in [1.29, 1.82) is 0 Å². The zero-order valence-electron chi connectivity index (χ0n) is 12.9. The van der Waals surface area contributed by atoms with Crippen molar-refractivity contribution in [3.05, 3.63) is 35.9 Å². The van der Waals surface area contributed by atoms with Crippen LogP contribution in [0.5, 0.6) is 0 Å². The molecule has 0 saturated carbocycles. The van der Waals surface area contributed by atoms with Crippen molar-refractivity contribution in [3.63, 3.8) is 0 Å². The van der Waals surface area contributed by atoms with E-state index in [1.54, 1.807) is 0 Å². The monoisotopic (exact) mass is 291 g/mol. The van der Waals surface area contributed by atoms with Gasteiger partial charge in [-0.05, 0) is 12.6 Å². The molecule has 1 aromatic carbocycles. The first-order valence-corrected chi connectivity index (χ1v) is 7.52. The zero-order chi connectivity index (χ0) is 15.1. The second-order valence-corrected chi connectivity index (χ2v) is 5.65. The molecule has 116 valence electrons. The number of rotatable bonds is 6. The van der Waals surface area contributed by atoms with E-state index in [1.165, 1.54) is 0 Å². The number of likely N-dealkylation sites (N-methyl/N-ethyl adjacent to an activating group) is 1. The van der Waals surface area contributed by atoms with Gasteiger partial charge in [-0.15, -0.1) is 0 Å². The van der Waals surface area contributed by atoms with Crippen LogP contribution in [0.4, 0.5) is 0 Å². The van der Waals surface area contributed by atoms with Gasteiger partial charge in [-0.1, -0.05) is 37.3 Å². The summed E-state index contributed by atoms with van der Waals surface area (Å²) in [5.41, 5.74) is 4.35. The molecule has 0 spiro atoms. The molecule has 1 aliphatic rings. The van der Waals surface area contributed by atoms with E-state index < -0.39 is 0 Å². The summed E-state index contributed by atoms with van der Waals surface area (Å²) in [6.07, 6.45) is 0. The predicted octanol–water partition coefficient (Wildman–Crippen LogP) is 1.12. The minimum atomic E-state index is -0.152. The number of piperazine rings is 1. The number of ether oxygens (including phenoxy) is 1. The van der Waals surface area contributed by atoms with E-state index in [4.69, 9.17) is 4.74 Å². The van der Waals surface area contributed by atoms with Gasteiger partial charge < -0.3 is 9.64 Å². The molecule has 5 heteroatoms. The van der Waals surface area contributed by atoms with E-state index in [1.807, 2.05) is 37.3 Å². The van der Waals surface area contributed by atoms with Gasteiger partial charge in [0.15, 0.2) is 0 Å². The third-order valence-corrected chi connectivity index (χ3v) is 3.75. The Morgan fingerprint density at radius 2 is 1.90 bits per heavy atom. The molecular weight excluding hydrogens is 266 g/mol. The first-order chi connectivity index (χ1) is 10.1. The van der Waals surface area contributed by atoms with Crippen molar-refractivity contribution >= 4 is 5.97 Å². The quantitative estimate of drug-likeness (QED) is 0.796. The summed E-state index contributed by atoms with van der Waals surface area (Å²) in [5, 5.41) is 2.18. The van der Waals surface area contributed by atoms with E-state index in [-0.39, 0.29) is 11.9 Å². The highest BCUT2D eigenvalue weighted by Crippen LogP contribution is 2.05. The number of esters is 1. The zero-order valence-corrected chi connectivity index (χ0v) is 12.9. The average molecular weight is 291 g/mol. The largest absolute Gasteiger partial charge is 0.461 e. The van der Waals surface area contributed by atoms with Gasteiger partial charge in [0, 0.05) is 32.7 Å². The summed E-state index contributed by atoms with van der Waals surface area (Å²) in [7, 11) is 2.13. The summed E-state index contributed by atoms with van der Waals surface area (Å²) in [5.74, 6) is -0.297. The van der Waals surface area contributed by atoms with E-state index in [0.29, 0.717) is 13.2 Å². The fourth-order valence-electron chi connectivity index (χ4n) is 2.18. The van der Waals surface area contributed by atoms with Gasteiger partial charge in [0.25, 0.3) is 0 Å². The predicted molar refractivity (Wildman–Crippen MR) is 82.5 cm³/mol. The van der Waals surface area contributed by atoms with Gasteiger partial charge in [0.1, 0.15) is 6.61 Å². The van der Waals surface area contributed by atoms with Crippen LogP contribution in [0, 0.1) is 5.92 Å². The number of nitrogens with one attached hydrogen (secondary N) is 1. The lowest BCUT2D eigenvalue weighted by molar-refractivity contribution is -0.149. The van der Waals surface area contributed by atoms with Crippen molar-refractivity contribution in [2.75, 3.05) is 39.8 Å². The third-order valence-electron chi connectivity index (χ3n) is 3.75. The molecule has 1 heterocycles. The van der Waals surface area contributed by atoms with E-state index in [2.05, 4.69) is 22.4 Å². The number of carbonyl (C=O) groups excluding carboxylic acids is 1. The highest BCUT2D eigenvalue weighted by molar-refractivity contribution is 5.72. The van der Waals surface area contributed by atoms with Gasteiger partial charge >= 0.3 is 5.97 Å². The van der Waals surface area contributed by atoms with E-state index in [9.17, 15) is 4.79 Å². The first kappa shape index (κ1) is 15.9. The number of nitrogens with zero attached hydrogens (tertiary/aromatic N) is 2. The second-order valence-electron chi connectivity index (χ2n) is 5.65. The fourth-order valence-corrected chi connectivity index (χ4v) is 2.18. The molecule has 1 aliphatic heterocycles. The first-order valence-electron chi connectivity index (χ1n) is 7.52. The molecule has 0 bridgehead atoms. The van der Waals surface area contributed by atoms with Crippen molar-refractivity contribution in [3.8, 4) is 0 Å². The number of benzene rings is 1. The van der Waals surface area contributed by atoms with Crippen LogP contribution in [-0.2, 0) is 16.1 Å². The maximum atomic E-state index is 12.0. The molecule has 0 aromatic heterocycles. The van der Waals surface area contributed by atoms with E-state index >= 15 is 0 Å². The minimum absolute atomic E-state index is 0.145. The third kappa shape index (κ3) is 5.46. The smallest absolute Gasteiger partial charge is 0.310 e. The molecule has 1 saturated heterocycles. The summed E-state index contributed by atoms with van der Waals surface area (Å²) in [4.78, 5) is 14.3. The van der Waals surface area contributed by atoms with Crippen LogP contribution in [0.25, 0.3) is 0 Å². The van der Waals surface area contributed by atoms with Crippen LogP contribution >= 0.6 is 0 Å². The average Bonchev–Trinajstić information content (AvgIpc) is 2.52. The normalized spacial score (nSPS) is 18.4. The highest BCUT2D eigenvalue weighted by Gasteiger charge is 2.18. The molecule has 1 unspecified atom stereocenters. The molecule has 0 amide bonds. The van der Waals surface area contributed by atoms with Crippen molar-refractivity contribution in [2.45, 2.75) is 13.5 Å². The molecule has 0 aliphatic carbocycles. The standard InChI is InChI=1S/C16H25N3O2/c1-14(12-17-19-10-8-18(2)9-11-19)16(20)21-13-15-6-4-3-5-7-15/h3-7,14,17H,8-13H2,1-2H3. The van der Waals surface area contributed by atoms with Crippen LogP contribution in [0.3, 0.4) is 0 Å². The fraction of sp³-hybridized carbons (Fsp3) is 0.562. The van der Waals surface area contributed by atoms with Gasteiger partial charge in [-0.2, -0.15) is 0 Å². The summed E-state index contributed by atoms with van der Waals surface area (Å²) in [6, 6.07) is 9.76. The van der Waals surface area contributed by atoms with Gasteiger partial charge in [0.05, 0.1) is 5.92 Å². The Hall–Kier alpha value is -1.43. The highest BCUT2D eigenvalue weighted by atomic mass is 16.5. The second kappa shape index (κ2) is 8.12. The van der Waals surface area contributed by atoms with Crippen LogP contribution in [0.2, 0.25) is 0 Å². The van der Waals surface area contributed by atoms with Gasteiger partial charge in [-0.3, -0.25) is 10.2 Å². The summed E-state index contributed by atoms with van der Waals surface area (Å²) < 4.78 is 5.34. The van der Waals surface area contributed by atoms with Crippen LogP contribution < -0.4 is 5.43 Å². The molecule has 1 aromatic rings. The Kier molecular flexibility index (Phi) is 6.17. The molecule has 1 atom stereocenters. The lowest BCUT2D eigenvalue weighted by Gasteiger charge is -2.33. The SMILES string of the molecule is CC(CNN1CCN(C)CC1)C(=O)OCc1ccccc1. The topological polar surface area (TPSA) is 44.8 Å². The Labute approximate surface area is 126 Å². The number of hydrogen-bond acceptors (Lipinski definition) is 5. The lowest BCUT2D eigenvalue weighted by Crippen LogP contribution is -2.52. The number of hydrazine groups is 1. The van der Waals surface area contributed by atoms with Crippen LogP contribution in [0.15, 0.2) is 30.3 Å². The van der Waals surface area contributed by atoms with E-state index in [0.717, 1.165) is 31.7 Å². The number of carbonyl (C=O) groups is 1. The molecule has 21 heavy (non-hydrogen) atoms.